The Hall–Kier alpha value is -1.41. The first-order valence-electron chi connectivity index (χ1n) is 4.86. The molecule has 7 nitrogen and oxygen atoms in total. The van der Waals surface area contributed by atoms with Gasteiger partial charge in [-0.05, 0) is 47.4 Å². The Labute approximate surface area is 103 Å². The summed E-state index contributed by atoms with van der Waals surface area (Å²) in [7, 11) is 9.75. The van der Waals surface area contributed by atoms with E-state index in [1.165, 1.54) is 0 Å². The van der Waals surface area contributed by atoms with Gasteiger partial charge in [0.2, 0.25) is 0 Å². The fourth-order valence-electron chi connectivity index (χ4n) is 0.540. The molecular weight excluding hydrogens is 220 g/mol. The lowest BCUT2D eigenvalue weighted by atomic mass is 10.4. The van der Waals surface area contributed by atoms with Crippen LogP contribution in [0.15, 0.2) is 18.3 Å². The van der Waals surface area contributed by atoms with Gasteiger partial charge in [-0.1, -0.05) is 0 Å². The Morgan fingerprint density at radius 1 is 1.24 bits per heavy atom. The molecule has 0 aliphatic carbocycles. The van der Waals surface area contributed by atoms with E-state index in [4.69, 9.17) is 11.6 Å². The SMILES string of the molecule is CN(C)C.CNC.NNc1cccnc1N.O. The Bertz CT molecular complexity index is 254. The Kier molecular flexibility index (Phi) is 18.0. The molecule has 17 heavy (non-hydrogen) atoms. The van der Waals surface area contributed by atoms with Crippen LogP contribution < -0.4 is 22.3 Å². The maximum Gasteiger partial charge on any atom is 0.148 e. The molecule has 0 fully saturated rings. The molecule has 1 rings (SSSR count). The number of nitrogen functional groups attached to an aromatic ring is 2. The molecule has 0 saturated carbocycles. The highest BCUT2D eigenvalue weighted by atomic mass is 16.0. The maximum atomic E-state index is 5.38. The second kappa shape index (κ2) is 14.6. The Morgan fingerprint density at radius 3 is 1.88 bits per heavy atom. The van der Waals surface area contributed by atoms with Gasteiger partial charge in [0.25, 0.3) is 0 Å². The zero-order valence-electron chi connectivity index (χ0n) is 11.3. The highest BCUT2D eigenvalue weighted by Crippen LogP contribution is 2.10. The van der Waals surface area contributed by atoms with E-state index < -0.39 is 0 Å². The maximum absolute atomic E-state index is 5.38. The molecule has 0 bridgehead atoms. The summed E-state index contributed by atoms with van der Waals surface area (Å²) in [5.74, 6) is 5.50. The lowest BCUT2D eigenvalue weighted by Gasteiger charge is -1.99. The lowest BCUT2D eigenvalue weighted by Crippen LogP contribution is -2.09. The van der Waals surface area contributed by atoms with E-state index in [-0.39, 0.29) is 5.48 Å². The molecule has 1 heterocycles. The first-order chi connectivity index (χ1) is 7.49. The minimum absolute atomic E-state index is 0. The number of hydrazine groups is 1. The molecule has 7 heteroatoms. The molecule has 0 amide bonds. The van der Waals surface area contributed by atoms with Crippen molar-refractivity contribution in [3.8, 4) is 0 Å². The van der Waals surface area contributed by atoms with Gasteiger partial charge >= 0.3 is 0 Å². The van der Waals surface area contributed by atoms with Gasteiger partial charge in [0.1, 0.15) is 5.82 Å². The van der Waals surface area contributed by atoms with Crippen molar-refractivity contribution in [2.24, 2.45) is 5.84 Å². The molecule has 1 aromatic heterocycles. The van der Waals surface area contributed by atoms with E-state index >= 15 is 0 Å². The number of anilines is 2. The molecule has 8 N–H and O–H groups in total. The summed E-state index contributed by atoms with van der Waals surface area (Å²) in [6.45, 7) is 0. The van der Waals surface area contributed by atoms with Crippen molar-refractivity contribution in [1.29, 1.82) is 0 Å². The number of nitrogens with two attached hydrogens (primary N) is 2. The van der Waals surface area contributed by atoms with Crippen molar-refractivity contribution >= 4 is 11.5 Å². The van der Waals surface area contributed by atoms with E-state index in [0.29, 0.717) is 11.5 Å². The van der Waals surface area contributed by atoms with E-state index in [1.807, 2.05) is 40.1 Å². The minimum Gasteiger partial charge on any atom is -0.412 e. The van der Waals surface area contributed by atoms with Gasteiger partial charge in [-0.3, -0.25) is 5.84 Å². The molecule has 0 saturated heterocycles. The topological polar surface area (TPSA) is 124 Å². The molecule has 0 spiro atoms. The number of nitrogens with one attached hydrogen (secondary N) is 2. The normalized spacial score (nSPS) is 7.94. The zero-order chi connectivity index (χ0) is 13.0. The van der Waals surface area contributed by atoms with Gasteiger partial charge < -0.3 is 26.9 Å². The quantitative estimate of drug-likeness (QED) is 0.377. The van der Waals surface area contributed by atoms with Crippen molar-refractivity contribution in [1.82, 2.24) is 15.2 Å². The summed E-state index contributed by atoms with van der Waals surface area (Å²) in [4.78, 5) is 5.79. The van der Waals surface area contributed by atoms with E-state index in [9.17, 15) is 0 Å². The fourth-order valence-corrected chi connectivity index (χ4v) is 0.540. The highest BCUT2D eigenvalue weighted by molar-refractivity contribution is 5.59. The van der Waals surface area contributed by atoms with Gasteiger partial charge in [-0.15, -0.1) is 0 Å². The van der Waals surface area contributed by atoms with Crippen LogP contribution in [0.3, 0.4) is 0 Å². The molecule has 1 aromatic rings. The monoisotopic (exact) mass is 246 g/mol. The average Bonchev–Trinajstić information content (AvgIpc) is 2.19. The molecule has 102 valence electrons. The van der Waals surface area contributed by atoms with Crippen molar-refractivity contribution in [2.75, 3.05) is 46.4 Å². The Balaban J connectivity index is -0.000000210. The number of aromatic nitrogens is 1. The van der Waals surface area contributed by atoms with Crippen LogP contribution >= 0.6 is 0 Å². The van der Waals surface area contributed by atoms with Crippen LogP contribution in [-0.4, -0.2) is 50.6 Å². The summed E-state index contributed by atoms with van der Waals surface area (Å²) < 4.78 is 0. The number of rotatable bonds is 1. The van der Waals surface area contributed by atoms with Crippen LogP contribution in [0, 0.1) is 0 Å². The van der Waals surface area contributed by atoms with Crippen LogP contribution in [0.25, 0.3) is 0 Å². The molecule has 0 aromatic carbocycles. The standard InChI is InChI=1S/C5H8N4.C3H9N.C2H7N.H2O/c6-5-4(9-7)2-1-3-8-5;1-4(2)3;1-3-2;/h1-3,9H,7H2,(H2,6,8);1-3H3;3H,1-2H3;1H2. The van der Waals surface area contributed by atoms with Crippen LogP contribution in [0.5, 0.6) is 0 Å². The number of hydrogen-bond acceptors (Lipinski definition) is 6. The summed E-state index contributed by atoms with van der Waals surface area (Å²) in [5, 5.41) is 2.75. The van der Waals surface area contributed by atoms with Gasteiger partial charge in [0.15, 0.2) is 0 Å². The summed E-state index contributed by atoms with van der Waals surface area (Å²) in [6.07, 6.45) is 1.61. The molecule has 0 aliphatic rings. The average molecular weight is 246 g/mol. The number of hydrogen-bond donors (Lipinski definition) is 4. The highest BCUT2D eigenvalue weighted by Gasteiger charge is 1.91. The zero-order valence-corrected chi connectivity index (χ0v) is 11.3. The summed E-state index contributed by atoms with van der Waals surface area (Å²) in [6, 6.07) is 3.51. The number of pyridine rings is 1. The van der Waals surface area contributed by atoms with Crippen LogP contribution in [0.1, 0.15) is 0 Å². The van der Waals surface area contributed by atoms with Gasteiger partial charge in [-0.2, -0.15) is 0 Å². The smallest absolute Gasteiger partial charge is 0.148 e. The Morgan fingerprint density at radius 2 is 1.65 bits per heavy atom. The van der Waals surface area contributed by atoms with Crippen LogP contribution in [-0.2, 0) is 0 Å². The number of nitrogens with zero attached hydrogens (tertiary/aromatic N) is 2. The molecule has 0 radical (unpaired) electrons. The van der Waals surface area contributed by atoms with Gasteiger partial charge in [0, 0.05) is 6.20 Å². The van der Waals surface area contributed by atoms with Gasteiger partial charge in [0.05, 0.1) is 5.69 Å². The van der Waals surface area contributed by atoms with Crippen molar-refractivity contribution in [3.63, 3.8) is 0 Å². The summed E-state index contributed by atoms with van der Waals surface area (Å²) >= 11 is 0. The summed E-state index contributed by atoms with van der Waals surface area (Å²) in [5.41, 5.74) is 8.44. The van der Waals surface area contributed by atoms with Crippen molar-refractivity contribution in [2.45, 2.75) is 0 Å². The molecule has 0 atom stereocenters. The van der Waals surface area contributed by atoms with Gasteiger partial charge in [-0.25, -0.2) is 4.98 Å². The predicted molar refractivity (Wildman–Crippen MR) is 74.7 cm³/mol. The first-order valence-corrected chi connectivity index (χ1v) is 4.86. The van der Waals surface area contributed by atoms with E-state index in [2.05, 4.69) is 15.7 Å². The lowest BCUT2D eigenvalue weighted by molar-refractivity contribution is 0.505. The predicted octanol–water partition coefficient (Wildman–Crippen LogP) is -0.862. The largest absolute Gasteiger partial charge is 0.412 e. The fraction of sp³-hybridized carbons (Fsp3) is 0.500. The second-order valence-electron chi connectivity index (χ2n) is 3.42. The van der Waals surface area contributed by atoms with Crippen LogP contribution in [0.2, 0.25) is 0 Å². The van der Waals surface area contributed by atoms with E-state index in [1.54, 1.807) is 18.3 Å². The molecule has 0 aliphatic heterocycles. The first kappa shape index (κ1) is 20.9. The molecular formula is C10H26N6O. The third kappa shape index (κ3) is 17.2. The van der Waals surface area contributed by atoms with E-state index in [0.717, 1.165) is 0 Å². The minimum atomic E-state index is 0. The van der Waals surface area contributed by atoms with Crippen molar-refractivity contribution < 1.29 is 5.48 Å². The third-order valence-electron chi connectivity index (χ3n) is 0.994. The second-order valence-corrected chi connectivity index (χ2v) is 3.42. The van der Waals surface area contributed by atoms with Crippen molar-refractivity contribution in [3.05, 3.63) is 18.3 Å². The molecule has 0 unspecified atom stereocenters. The third-order valence-corrected chi connectivity index (χ3v) is 0.994. The van der Waals surface area contributed by atoms with Crippen LogP contribution in [0.4, 0.5) is 11.5 Å².